The van der Waals surface area contributed by atoms with E-state index in [2.05, 4.69) is 4.98 Å². The van der Waals surface area contributed by atoms with E-state index < -0.39 is 11.6 Å². The van der Waals surface area contributed by atoms with Crippen LogP contribution < -0.4 is 0 Å². The number of nitrogens with zero attached hydrogens (tertiary/aromatic N) is 2. The maximum atomic E-state index is 13.0. The molecule has 1 aromatic heterocycles. The Morgan fingerprint density at radius 1 is 1.06 bits per heavy atom. The van der Waals surface area contributed by atoms with Crippen molar-refractivity contribution in [1.82, 2.24) is 9.88 Å². The van der Waals surface area contributed by atoms with Crippen molar-refractivity contribution in [3.63, 3.8) is 0 Å². The Morgan fingerprint density at radius 3 is 2.33 bits per heavy atom. The molecular weight excluding hydrogens is 234 g/mol. The van der Waals surface area contributed by atoms with Crippen LogP contribution >= 0.6 is 0 Å². The third-order valence-corrected chi connectivity index (χ3v) is 2.55. The van der Waals surface area contributed by atoms with Gasteiger partial charge in [0, 0.05) is 31.5 Å². The second-order valence-corrected chi connectivity index (χ2v) is 4.31. The van der Waals surface area contributed by atoms with Crippen LogP contribution in [-0.4, -0.2) is 16.9 Å². The predicted octanol–water partition coefficient (Wildman–Crippen LogP) is 2.99. The molecule has 2 aromatic rings. The first kappa shape index (κ1) is 12.6. The third-order valence-electron chi connectivity index (χ3n) is 2.55. The molecule has 0 radical (unpaired) electrons. The normalized spacial score (nSPS) is 10.9. The molecule has 0 amide bonds. The number of hydrogen-bond acceptors (Lipinski definition) is 2. The molecule has 0 atom stereocenters. The molecule has 0 saturated heterocycles. The first-order chi connectivity index (χ1) is 8.63. The molecule has 1 aromatic carbocycles. The van der Waals surface area contributed by atoms with Gasteiger partial charge in [-0.2, -0.15) is 0 Å². The largest absolute Gasteiger partial charge is 0.298 e. The van der Waals surface area contributed by atoms with Crippen LogP contribution in [0.3, 0.4) is 0 Å². The molecule has 18 heavy (non-hydrogen) atoms. The Balaban J connectivity index is 2.01. The summed E-state index contributed by atoms with van der Waals surface area (Å²) in [5, 5.41) is 0. The van der Waals surface area contributed by atoms with E-state index in [0.717, 1.165) is 11.6 Å². The highest BCUT2D eigenvalue weighted by Crippen LogP contribution is 2.11. The molecule has 0 N–H and O–H groups in total. The molecule has 0 bridgehead atoms. The van der Waals surface area contributed by atoms with Crippen LogP contribution in [0.1, 0.15) is 11.1 Å². The lowest BCUT2D eigenvalue weighted by molar-refractivity contribution is 0.317. The van der Waals surface area contributed by atoms with E-state index in [4.69, 9.17) is 0 Å². The summed E-state index contributed by atoms with van der Waals surface area (Å²) in [6.07, 6.45) is 3.49. The van der Waals surface area contributed by atoms with Gasteiger partial charge in [0.25, 0.3) is 0 Å². The van der Waals surface area contributed by atoms with Crippen LogP contribution in [0.15, 0.2) is 42.7 Å². The van der Waals surface area contributed by atoms with Gasteiger partial charge in [-0.15, -0.1) is 0 Å². The second kappa shape index (κ2) is 5.69. The van der Waals surface area contributed by atoms with Crippen LogP contribution in [0.5, 0.6) is 0 Å². The Hall–Kier alpha value is -1.81. The minimum absolute atomic E-state index is 0.490. The number of rotatable bonds is 4. The third kappa shape index (κ3) is 3.60. The summed E-state index contributed by atoms with van der Waals surface area (Å²) in [5.41, 5.74) is 1.69. The van der Waals surface area contributed by atoms with Gasteiger partial charge in [-0.05, 0) is 36.4 Å². The Morgan fingerprint density at radius 2 is 1.72 bits per heavy atom. The van der Waals surface area contributed by atoms with E-state index in [9.17, 15) is 8.78 Å². The summed E-state index contributed by atoms with van der Waals surface area (Å²) in [7, 11) is 1.90. The lowest BCUT2D eigenvalue weighted by Gasteiger charge is -2.16. The standard InChI is InChI=1S/C14H14F2N2/c1-18(9-11-3-2-4-17-8-11)10-12-5-13(15)7-14(16)6-12/h2-8H,9-10H2,1H3. The van der Waals surface area contributed by atoms with Crippen LogP contribution in [0.4, 0.5) is 8.78 Å². The maximum Gasteiger partial charge on any atom is 0.126 e. The van der Waals surface area contributed by atoms with E-state index in [1.165, 1.54) is 12.1 Å². The maximum absolute atomic E-state index is 13.0. The average molecular weight is 248 g/mol. The van der Waals surface area contributed by atoms with Crippen LogP contribution in [0.25, 0.3) is 0 Å². The summed E-state index contributed by atoms with van der Waals surface area (Å²) in [5.74, 6) is -1.08. The fraction of sp³-hybridized carbons (Fsp3) is 0.214. The molecule has 2 rings (SSSR count). The van der Waals surface area contributed by atoms with Crippen molar-refractivity contribution < 1.29 is 8.78 Å². The Bertz CT molecular complexity index is 494. The zero-order chi connectivity index (χ0) is 13.0. The number of halogens is 2. The first-order valence-electron chi connectivity index (χ1n) is 5.66. The summed E-state index contributed by atoms with van der Waals surface area (Å²) < 4.78 is 26.1. The lowest BCUT2D eigenvalue weighted by atomic mass is 10.2. The van der Waals surface area contributed by atoms with Crippen molar-refractivity contribution in [3.8, 4) is 0 Å². The molecule has 4 heteroatoms. The summed E-state index contributed by atoms with van der Waals surface area (Å²) in [6, 6.07) is 7.41. The number of benzene rings is 1. The Kier molecular flexibility index (Phi) is 3.99. The minimum atomic E-state index is -0.542. The second-order valence-electron chi connectivity index (χ2n) is 4.31. The quantitative estimate of drug-likeness (QED) is 0.827. The van der Waals surface area contributed by atoms with Crippen LogP contribution in [0.2, 0.25) is 0 Å². The lowest BCUT2D eigenvalue weighted by Crippen LogP contribution is -2.17. The molecule has 0 fully saturated rings. The van der Waals surface area contributed by atoms with Crippen molar-refractivity contribution in [3.05, 3.63) is 65.5 Å². The minimum Gasteiger partial charge on any atom is -0.298 e. The highest BCUT2D eigenvalue weighted by Gasteiger charge is 2.05. The molecule has 1 heterocycles. The van der Waals surface area contributed by atoms with Gasteiger partial charge in [0.05, 0.1) is 0 Å². The van der Waals surface area contributed by atoms with E-state index in [-0.39, 0.29) is 0 Å². The predicted molar refractivity (Wildman–Crippen MR) is 65.8 cm³/mol. The molecule has 2 nitrogen and oxygen atoms in total. The van der Waals surface area contributed by atoms with Crippen molar-refractivity contribution in [2.24, 2.45) is 0 Å². The summed E-state index contributed by atoms with van der Waals surface area (Å²) >= 11 is 0. The van der Waals surface area contributed by atoms with Crippen LogP contribution in [-0.2, 0) is 13.1 Å². The highest BCUT2D eigenvalue weighted by molar-refractivity contribution is 5.18. The van der Waals surface area contributed by atoms with Crippen molar-refractivity contribution in [1.29, 1.82) is 0 Å². The summed E-state index contributed by atoms with van der Waals surface area (Å²) in [4.78, 5) is 6.00. The van der Waals surface area contributed by atoms with Gasteiger partial charge in [0.2, 0.25) is 0 Å². The van der Waals surface area contributed by atoms with E-state index in [0.29, 0.717) is 18.7 Å². The van der Waals surface area contributed by atoms with Gasteiger partial charge >= 0.3 is 0 Å². The number of hydrogen-bond donors (Lipinski definition) is 0. The van der Waals surface area contributed by atoms with E-state index in [1.54, 1.807) is 12.4 Å². The van der Waals surface area contributed by atoms with Crippen LogP contribution in [0, 0.1) is 11.6 Å². The van der Waals surface area contributed by atoms with Gasteiger partial charge in [-0.1, -0.05) is 6.07 Å². The smallest absolute Gasteiger partial charge is 0.126 e. The van der Waals surface area contributed by atoms with Gasteiger partial charge in [-0.3, -0.25) is 9.88 Å². The molecule has 0 saturated carbocycles. The zero-order valence-corrected chi connectivity index (χ0v) is 10.1. The molecular formula is C14H14F2N2. The molecule has 94 valence electrons. The van der Waals surface area contributed by atoms with E-state index in [1.807, 2.05) is 24.1 Å². The number of aromatic nitrogens is 1. The SMILES string of the molecule is CN(Cc1cccnc1)Cc1cc(F)cc(F)c1. The van der Waals surface area contributed by atoms with E-state index >= 15 is 0 Å². The molecule has 0 aliphatic heterocycles. The summed E-state index contributed by atoms with van der Waals surface area (Å²) in [6.45, 7) is 1.18. The molecule has 0 spiro atoms. The van der Waals surface area contributed by atoms with Gasteiger partial charge in [-0.25, -0.2) is 8.78 Å². The van der Waals surface area contributed by atoms with Gasteiger partial charge in [0.1, 0.15) is 11.6 Å². The fourth-order valence-corrected chi connectivity index (χ4v) is 1.87. The molecule has 0 aliphatic carbocycles. The Labute approximate surface area is 105 Å². The number of pyridine rings is 1. The van der Waals surface area contributed by atoms with Crippen molar-refractivity contribution in [2.45, 2.75) is 13.1 Å². The van der Waals surface area contributed by atoms with Crippen molar-refractivity contribution in [2.75, 3.05) is 7.05 Å². The van der Waals surface area contributed by atoms with Crippen molar-refractivity contribution >= 4 is 0 Å². The van der Waals surface area contributed by atoms with Gasteiger partial charge < -0.3 is 0 Å². The fourth-order valence-electron chi connectivity index (χ4n) is 1.87. The topological polar surface area (TPSA) is 16.1 Å². The molecule has 0 unspecified atom stereocenters. The average Bonchev–Trinajstić information content (AvgIpc) is 2.28. The highest BCUT2D eigenvalue weighted by atomic mass is 19.1. The zero-order valence-electron chi connectivity index (χ0n) is 10.1. The first-order valence-corrected chi connectivity index (χ1v) is 5.66. The molecule has 0 aliphatic rings. The van der Waals surface area contributed by atoms with Gasteiger partial charge in [0.15, 0.2) is 0 Å². The monoisotopic (exact) mass is 248 g/mol.